The molecule has 0 radical (unpaired) electrons. The van der Waals surface area contributed by atoms with Gasteiger partial charge in [-0.1, -0.05) is 24.6 Å². The molecule has 0 aliphatic heterocycles. The monoisotopic (exact) mass is 266 g/mol. The van der Waals surface area contributed by atoms with E-state index in [2.05, 4.69) is 32.9 Å². The maximum absolute atomic E-state index is 9.13. The molecule has 1 aromatic rings. The van der Waals surface area contributed by atoms with Gasteiger partial charge in [-0.05, 0) is 44.2 Å². The number of aliphatic hydroxyl groups excluding tert-OH is 2. The molecule has 2 N–H and O–H groups in total. The number of hydrogen-bond acceptors (Lipinski definition) is 3. The Morgan fingerprint density at radius 1 is 1.16 bits per heavy atom. The van der Waals surface area contributed by atoms with Crippen LogP contribution in [-0.2, 0) is 6.42 Å². The van der Waals surface area contributed by atoms with Crippen molar-refractivity contribution >= 4 is 0 Å². The van der Waals surface area contributed by atoms with Crippen LogP contribution >= 0.6 is 0 Å². The second kappa shape index (κ2) is 8.18. The summed E-state index contributed by atoms with van der Waals surface area (Å²) in [5.74, 6) is 0.932. The molecule has 0 bridgehead atoms. The van der Waals surface area contributed by atoms with Crippen molar-refractivity contribution in [2.75, 3.05) is 19.8 Å². The van der Waals surface area contributed by atoms with E-state index in [-0.39, 0.29) is 19.1 Å². The van der Waals surface area contributed by atoms with E-state index in [1.807, 2.05) is 0 Å². The fourth-order valence-corrected chi connectivity index (χ4v) is 2.24. The van der Waals surface area contributed by atoms with E-state index in [9.17, 15) is 0 Å². The van der Waals surface area contributed by atoms with Crippen LogP contribution in [0.3, 0.4) is 0 Å². The van der Waals surface area contributed by atoms with Crippen molar-refractivity contribution in [3.63, 3.8) is 0 Å². The molecule has 108 valence electrons. The summed E-state index contributed by atoms with van der Waals surface area (Å²) in [6.07, 6.45) is 2.59. The summed E-state index contributed by atoms with van der Waals surface area (Å²) >= 11 is 0. The van der Waals surface area contributed by atoms with Crippen molar-refractivity contribution in [3.05, 3.63) is 28.8 Å². The fraction of sp³-hybridized carbons (Fsp3) is 0.625. The molecule has 0 saturated carbocycles. The molecule has 0 heterocycles. The molecule has 0 aromatic heterocycles. The molecule has 0 amide bonds. The smallest absolute Gasteiger partial charge is 0.125 e. The van der Waals surface area contributed by atoms with Gasteiger partial charge in [-0.3, -0.25) is 0 Å². The first-order chi connectivity index (χ1) is 9.12. The van der Waals surface area contributed by atoms with Crippen LogP contribution in [0.15, 0.2) is 12.1 Å². The number of aryl methyl sites for hydroxylation is 3. The minimum atomic E-state index is -0.0418. The molecule has 0 fully saturated rings. The first kappa shape index (κ1) is 16.0. The van der Waals surface area contributed by atoms with Gasteiger partial charge in [-0.25, -0.2) is 0 Å². The van der Waals surface area contributed by atoms with Gasteiger partial charge in [-0.2, -0.15) is 0 Å². The summed E-state index contributed by atoms with van der Waals surface area (Å²) in [5, 5.41) is 18.3. The summed E-state index contributed by atoms with van der Waals surface area (Å²) in [6.45, 7) is 7.03. The Labute approximate surface area is 116 Å². The third kappa shape index (κ3) is 4.84. The SMILES string of the molecule is CCCOc1c(C)cc(C)cc1CCC(CO)CO. The predicted octanol–water partition coefficient (Wildman–Crippen LogP) is 2.63. The molecule has 1 aromatic carbocycles. The van der Waals surface area contributed by atoms with Gasteiger partial charge in [0, 0.05) is 19.1 Å². The standard InChI is InChI=1S/C16H26O3/c1-4-7-19-16-13(3)8-12(2)9-15(16)6-5-14(10-17)11-18/h8-9,14,17-18H,4-7,10-11H2,1-3H3. The lowest BCUT2D eigenvalue weighted by molar-refractivity contribution is 0.144. The second-order valence-corrected chi connectivity index (χ2v) is 5.19. The minimum absolute atomic E-state index is 0.0342. The van der Waals surface area contributed by atoms with Crippen LogP contribution in [0.1, 0.15) is 36.5 Å². The molecule has 0 aliphatic carbocycles. The second-order valence-electron chi connectivity index (χ2n) is 5.19. The fourth-order valence-electron chi connectivity index (χ4n) is 2.24. The van der Waals surface area contributed by atoms with Crippen LogP contribution in [0.4, 0.5) is 0 Å². The molecule has 0 aliphatic rings. The average Bonchev–Trinajstić information content (AvgIpc) is 2.38. The quantitative estimate of drug-likeness (QED) is 0.760. The van der Waals surface area contributed by atoms with Crippen LogP contribution in [-0.4, -0.2) is 30.0 Å². The number of rotatable bonds is 8. The van der Waals surface area contributed by atoms with Gasteiger partial charge in [0.25, 0.3) is 0 Å². The van der Waals surface area contributed by atoms with Gasteiger partial charge in [0.2, 0.25) is 0 Å². The van der Waals surface area contributed by atoms with Crippen LogP contribution in [0, 0.1) is 19.8 Å². The number of benzene rings is 1. The number of ether oxygens (including phenoxy) is 1. The maximum atomic E-state index is 9.13. The van der Waals surface area contributed by atoms with Gasteiger partial charge in [-0.15, -0.1) is 0 Å². The van der Waals surface area contributed by atoms with Gasteiger partial charge in [0.05, 0.1) is 6.61 Å². The van der Waals surface area contributed by atoms with E-state index in [1.54, 1.807) is 0 Å². The molecule has 0 spiro atoms. The highest BCUT2D eigenvalue weighted by molar-refractivity contribution is 5.44. The summed E-state index contributed by atoms with van der Waals surface area (Å²) in [4.78, 5) is 0. The van der Waals surface area contributed by atoms with Crippen LogP contribution in [0.25, 0.3) is 0 Å². The normalized spacial score (nSPS) is 11.1. The van der Waals surface area contributed by atoms with Crippen molar-refractivity contribution < 1.29 is 14.9 Å². The van der Waals surface area contributed by atoms with Crippen molar-refractivity contribution in [2.24, 2.45) is 5.92 Å². The Hall–Kier alpha value is -1.06. The van der Waals surface area contributed by atoms with E-state index >= 15 is 0 Å². The van der Waals surface area contributed by atoms with Crippen molar-refractivity contribution in [1.82, 2.24) is 0 Å². The Morgan fingerprint density at radius 3 is 2.42 bits per heavy atom. The Morgan fingerprint density at radius 2 is 1.84 bits per heavy atom. The first-order valence-corrected chi connectivity index (χ1v) is 7.07. The lowest BCUT2D eigenvalue weighted by atomic mass is 9.97. The maximum Gasteiger partial charge on any atom is 0.125 e. The minimum Gasteiger partial charge on any atom is -0.493 e. The number of hydrogen-bond donors (Lipinski definition) is 2. The molecule has 19 heavy (non-hydrogen) atoms. The van der Waals surface area contributed by atoms with E-state index in [4.69, 9.17) is 14.9 Å². The average molecular weight is 266 g/mol. The lowest BCUT2D eigenvalue weighted by Gasteiger charge is -2.17. The van der Waals surface area contributed by atoms with E-state index < -0.39 is 0 Å². The summed E-state index contributed by atoms with van der Waals surface area (Å²) in [6, 6.07) is 4.27. The van der Waals surface area contributed by atoms with Gasteiger partial charge >= 0.3 is 0 Å². The highest BCUT2D eigenvalue weighted by atomic mass is 16.5. The highest BCUT2D eigenvalue weighted by Gasteiger charge is 2.12. The Balaban J connectivity index is 2.84. The Kier molecular flexibility index (Phi) is 6.89. The molecule has 0 atom stereocenters. The molecular weight excluding hydrogens is 240 g/mol. The molecule has 3 heteroatoms. The summed E-state index contributed by atoms with van der Waals surface area (Å²) < 4.78 is 5.85. The lowest BCUT2D eigenvalue weighted by Crippen LogP contribution is -2.12. The van der Waals surface area contributed by atoms with Crippen LogP contribution < -0.4 is 4.74 Å². The van der Waals surface area contributed by atoms with Crippen LogP contribution in [0.2, 0.25) is 0 Å². The molecule has 0 unspecified atom stereocenters. The number of aliphatic hydroxyl groups is 2. The van der Waals surface area contributed by atoms with Gasteiger partial charge in [0.15, 0.2) is 0 Å². The predicted molar refractivity (Wildman–Crippen MR) is 77.7 cm³/mol. The molecule has 1 rings (SSSR count). The van der Waals surface area contributed by atoms with Crippen molar-refractivity contribution in [3.8, 4) is 5.75 Å². The largest absolute Gasteiger partial charge is 0.493 e. The highest BCUT2D eigenvalue weighted by Crippen LogP contribution is 2.27. The third-order valence-electron chi connectivity index (χ3n) is 3.28. The van der Waals surface area contributed by atoms with E-state index in [0.717, 1.165) is 37.2 Å². The Bertz CT molecular complexity index is 384. The van der Waals surface area contributed by atoms with Crippen LogP contribution in [0.5, 0.6) is 5.75 Å². The zero-order valence-electron chi connectivity index (χ0n) is 12.3. The molecule has 0 saturated heterocycles. The molecule has 3 nitrogen and oxygen atoms in total. The van der Waals surface area contributed by atoms with Gasteiger partial charge in [0.1, 0.15) is 5.75 Å². The summed E-state index contributed by atoms with van der Waals surface area (Å²) in [5.41, 5.74) is 3.56. The third-order valence-corrected chi connectivity index (χ3v) is 3.28. The van der Waals surface area contributed by atoms with E-state index in [0.29, 0.717) is 0 Å². The zero-order valence-corrected chi connectivity index (χ0v) is 12.3. The first-order valence-electron chi connectivity index (χ1n) is 7.07. The van der Waals surface area contributed by atoms with Crippen molar-refractivity contribution in [1.29, 1.82) is 0 Å². The van der Waals surface area contributed by atoms with Crippen molar-refractivity contribution in [2.45, 2.75) is 40.0 Å². The van der Waals surface area contributed by atoms with Gasteiger partial charge < -0.3 is 14.9 Å². The van der Waals surface area contributed by atoms with E-state index in [1.165, 1.54) is 11.1 Å². The zero-order chi connectivity index (χ0) is 14.3. The topological polar surface area (TPSA) is 49.7 Å². The molecular formula is C16H26O3. The summed E-state index contributed by atoms with van der Waals surface area (Å²) in [7, 11) is 0.